The zero-order chi connectivity index (χ0) is 11.7. The standard InChI is InChI=1S/C12H9ClN4/c13-12-16-9(6-8-4-2-1-3-5-8)10-11(17-12)15-7-14-10/h1-5,7H,6H2,(H,14,15,16,17). The molecule has 0 aliphatic carbocycles. The summed E-state index contributed by atoms with van der Waals surface area (Å²) in [7, 11) is 0. The van der Waals surface area contributed by atoms with Crippen molar-refractivity contribution in [2.24, 2.45) is 0 Å². The first-order valence-corrected chi connectivity index (χ1v) is 5.60. The van der Waals surface area contributed by atoms with Gasteiger partial charge in [0.15, 0.2) is 5.65 Å². The van der Waals surface area contributed by atoms with Crippen molar-refractivity contribution in [1.82, 2.24) is 19.9 Å². The van der Waals surface area contributed by atoms with Crippen molar-refractivity contribution in [3.05, 3.63) is 53.2 Å². The molecule has 2 aromatic heterocycles. The quantitative estimate of drug-likeness (QED) is 0.705. The number of halogens is 1. The van der Waals surface area contributed by atoms with Gasteiger partial charge in [0.1, 0.15) is 5.52 Å². The van der Waals surface area contributed by atoms with Gasteiger partial charge in [0.25, 0.3) is 0 Å². The number of H-pyrrole nitrogens is 1. The topological polar surface area (TPSA) is 54.5 Å². The van der Waals surface area contributed by atoms with E-state index < -0.39 is 0 Å². The highest BCUT2D eigenvalue weighted by atomic mass is 35.5. The smallest absolute Gasteiger partial charge is 0.224 e. The van der Waals surface area contributed by atoms with Crippen molar-refractivity contribution in [2.75, 3.05) is 0 Å². The van der Waals surface area contributed by atoms with E-state index in [1.807, 2.05) is 18.2 Å². The van der Waals surface area contributed by atoms with Crippen LogP contribution in [0.5, 0.6) is 0 Å². The van der Waals surface area contributed by atoms with Crippen molar-refractivity contribution >= 4 is 22.8 Å². The van der Waals surface area contributed by atoms with Crippen LogP contribution in [0.15, 0.2) is 36.7 Å². The van der Waals surface area contributed by atoms with Gasteiger partial charge in [0.05, 0.1) is 12.0 Å². The van der Waals surface area contributed by atoms with Gasteiger partial charge in [0.2, 0.25) is 5.28 Å². The van der Waals surface area contributed by atoms with E-state index in [1.165, 1.54) is 5.56 Å². The highest BCUT2D eigenvalue weighted by molar-refractivity contribution is 6.28. The Hall–Kier alpha value is -1.94. The summed E-state index contributed by atoms with van der Waals surface area (Å²) in [5.41, 5.74) is 3.50. The van der Waals surface area contributed by atoms with E-state index in [4.69, 9.17) is 11.6 Å². The van der Waals surface area contributed by atoms with Gasteiger partial charge in [-0.25, -0.2) is 9.97 Å². The number of imidazole rings is 1. The first kappa shape index (κ1) is 10.2. The fourth-order valence-corrected chi connectivity index (χ4v) is 1.96. The maximum atomic E-state index is 5.87. The summed E-state index contributed by atoms with van der Waals surface area (Å²) in [6.45, 7) is 0. The SMILES string of the molecule is Clc1nc(Cc2ccccc2)c2[nH]cnc2n1. The molecule has 5 heteroatoms. The van der Waals surface area contributed by atoms with Crippen LogP contribution in [-0.2, 0) is 6.42 Å². The molecule has 0 bridgehead atoms. The Morgan fingerprint density at radius 1 is 1.12 bits per heavy atom. The number of aromatic amines is 1. The number of fused-ring (bicyclic) bond motifs is 1. The molecule has 0 fully saturated rings. The Kier molecular flexibility index (Phi) is 2.49. The molecule has 0 aliphatic heterocycles. The van der Waals surface area contributed by atoms with E-state index >= 15 is 0 Å². The van der Waals surface area contributed by atoms with Crippen LogP contribution >= 0.6 is 11.6 Å². The third-order valence-corrected chi connectivity index (χ3v) is 2.72. The second-order valence-electron chi connectivity index (χ2n) is 3.70. The minimum absolute atomic E-state index is 0.232. The van der Waals surface area contributed by atoms with Crippen LogP contribution in [0.1, 0.15) is 11.3 Å². The predicted octanol–water partition coefficient (Wildman–Crippen LogP) is 2.60. The van der Waals surface area contributed by atoms with Crippen molar-refractivity contribution in [3.8, 4) is 0 Å². The number of aromatic nitrogens is 4. The van der Waals surface area contributed by atoms with E-state index in [9.17, 15) is 0 Å². The van der Waals surface area contributed by atoms with Gasteiger partial charge in [-0.2, -0.15) is 4.98 Å². The van der Waals surface area contributed by atoms with Crippen LogP contribution < -0.4 is 0 Å². The third-order valence-electron chi connectivity index (χ3n) is 2.55. The molecule has 3 aromatic rings. The highest BCUT2D eigenvalue weighted by Gasteiger charge is 2.09. The monoisotopic (exact) mass is 244 g/mol. The van der Waals surface area contributed by atoms with Crippen molar-refractivity contribution < 1.29 is 0 Å². The molecule has 1 aromatic carbocycles. The minimum Gasteiger partial charge on any atom is -0.342 e. The van der Waals surface area contributed by atoms with Crippen LogP contribution in [0.25, 0.3) is 11.2 Å². The minimum atomic E-state index is 0.232. The van der Waals surface area contributed by atoms with Gasteiger partial charge in [0, 0.05) is 6.42 Å². The summed E-state index contributed by atoms with van der Waals surface area (Å²) in [6, 6.07) is 10.1. The molecule has 4 nitrogen and oxygen atoms in total. The molecule has 0 radical (unpaired) electrons. The van der Waals surface area contributed by atoms with Gasteiger partial charge in [-0.3, -0.25) is 0 Å². The van der Waals surface area contributed by atoms with Crippen LogP contribution in [0.3, 0.4) is 0 Å². The molecule has 0 saturated heterocycles. The maximum absolute atomic E-state index is 5.87. The second kappa shape index (κ2) is 4.14. The Labute approximate surface area is 103 Å². The van der Waals surface area contributed by atoms with Gasteiger partial charge in [-0.15, -0.1) is 0 Å². The Balaban J connectivity index is 2.08. The van der Waals surface area contributed by atoms with Crippen LogP contribution in [-0.4, -0.2) is 19.9 Å². The van der Waals surface area contributed by atoms with Crippen LogP contribution in [0.2, 0.25) is 5.28 Å². The summed E-state index contributed by atoms with van der Waals surface area (Å²) in [5, 5.41) is 0.232. The molecular formula is C12H9ClN4. The average Bonchev–Trinajstić information content (AvgIpc) is 2.78. The van der Waals surface area contributed by atoms with E-state index in [2.05, 4.69) is 32.1 Å². The molecule has 3 rings (SSSR count). The van der Waals surface area contributed by atoms with E-state index in [-0.39, 0.29) is 5.28 Å². The number of nitrogens with zero attached hydrogens (tertiary/aromatic N) is 3. The molecule has 0 aliphatic rings. The lowest BCUT2D eigenvalue weighted by Gasteiger charge is -2.02. The van der Waals surface area contributed by atoms with E-state index in [1.54, 1.807) is 6.33 Å². The Morgan fingerprint density at radius 3 is 2.76 bits per heavy atom. The number of benzene rings is 1. The first-order chi connectivity index (χ1) is 8.33. The highest BCUT2D eigenvalue weighted by Crippen LogP contribution is 2.17. The Morgan fingerprint density at radius 2 is 1.94 bits per heavy atom. The molecule has 2 heterocycles. The molecule has 1 N–H and O–H groups in total. The molecule has 0 unspecified atom stereocenters. The Bertz CT molecular complexity index is 648. The van der Waals surface area contributed by atoms with Crippen molar-refractivity contribution in [2.45, 2.75) is 6.42 Å². The summed E-state index contributed by atoms with van der Waals surface area (Å²) in [4.78, 5) is 15.4. The molecule has 84 valence electrons. The summed E-state index contributed by atoms with van der Waals surface area (Å²) >= 11 is 5.87. The lowest BCUT2D eigenvalue weighted by Crippen LogP contribution is -1.96. The summed E-state index contributed by atoms with van der Waals surface area (Å²) in [6.07, 6.45) is 2.31. The average molecular weight is 245 g/mol. The summed E-state index contributed by atoms with van der Waals surface area (Å²) in [5.74, 6) is 0. The van der Waals surface area contributed by atoms with Crippen molar-refractivity contribution in [1.29, 1.82) is 0 Å². The largest absolute Gasteiger partial charge is 0.342 e. The molecule has 0 atom stereocenters. The normalized spacial score (nSPS) is 10.9. The van der Waals surface area contributed by atoms with Gasteiger partial charge in [-0.1, -0.05) is 30.3 Å². The van der Waals surface area contributed by atoms with Gasteiger partial charge < -0.3 is 4.98 Å². The zero-order valence-corrected chi connectivity index (χ0v) is 9.65. The van der Waals surface area contributed by atoms with Crippen LogP contribution in [0.4, 0.5) is 0 Å². The molecular weight excluding hydrogens is 236 g/mol. The van der Waals surface area contributed by atoms with Gasteiger partial charge >= 0.3 is 0 Å². The molecule has 0 saturated carbocycles. The molecule has 0 spiro atoms. The number of rotatable bonds is 2. The lowest BCUT2D eigenvalue weighted by atomic mass is 10.1. The first-order valence-electron chi connectivity index (χ1n) is 5.22. The molecule has 0 amide bonds. The molecule has 17 heavy (non-hydrogen) atoms. The number of hydrogen-bond donors (Lipinski definition) is 1. The van der Waals surface area contributed by atoms with Gasteiger partial charge in [-0.05, 0) is 17.2 Å². The maximum Gasteiger partial charge on any atom is 0.224 e. The number of hydrogen-bond acceptors (Lipinski definition) is 3. The predicted molar refractivity (Wildman–Crippen MR) is 65.9 cm³/mol. The second-order valence-corrected chi connectivity index (χ2v) is 4.04. The fourth-order valence-electron chi connectivity index (χ4n) is 1.78. The fraction of sp³-hybridized carbons (Fsp3) is 0.0833. The van der Waals surface area contributed by atoms with Crippen LogP contribution in [0, 0.1) is 0 Å². The zero-order valence-electron chi connectivity index (χ0n) is 8.89. The summed E-state index contributed by atoms with van der Waals surface area (Å²) < 4.78 is 0. The van der Waals surface area contributed by atoms with E-state index in [0.29, 0.717) is 12.1 Å². The van der Waals surface area contributed by atoms with Crippen molar-refractivity contribution in [3.63, 3.8) is 0 Å². The lowest BCUT2D eigenvalue weighted by molar-refractivity contribution is 1.05. The van der Waals surface area contributed by atoms with E-state index in [0.717, 1.165) is 11.2 Å². The third kappa shape index (κ3) is 1.99. The number of nitrogens with one attached hydrogen (secondary N) is 1.